The van der Waals surface area contributed by atoms with Gasteiger partial charge in [-0.15, -0.1) is 0 Å². The molecule has 0 spiro atoms. The minimum atomic E-state index is -0.935. The SMILES string of the molecule is C=C(C)C(=O)O.OCC(O)COCC1CO1. The predicted octanol–water partition coefficient (Wildman–Crippen LogP) is -0.598. The van der Waals surface area contributed by atoms with Gasteiger partial charge in [-0.2, -0.15) is 0 Å². The number of carboxylic acids is 1. The van der Waals surface area contributed by atoms with Crippen molar-refractivity contribution in [1.82, 2.24) is 0 Å². The van der Waals surface area contributed by atoms with E-state index in [1.54, 1.807) is 0 Å². The van der Waals surface area contributed by atoms with Gasteiger partial charge in [-0.25, -0.2) is 4.79 Å². The van der Waals surface area contributed by atoms with Gasteiger partial charge in [0.1, 0.15) is 12.2 Å². The number of aliphatic carboxylic acids is 1. The summed E-state index contributed by atoms with van der Waals surface area (Å²) in [5, 5.41) is 25.0. The van der Waals surface area contributed by atoms with Gasteiger partial charge in [0.25, 0.3) is 0 Å². The van der Waals surface area contributed by atoms with Crippen LogP contribution in [-0.2, 0) is 14.3 Å². The maximum atomic E-state index is 9.60. The average Bonchev–Trinajstić information content (AvgIpc) is 3.02. The third-order valence-electron chi connectivity index (χ3n) is 1.59. The highest BCUT2D eigenvalue weighted by Gasteiger charge is 2.22. The number of aliphatic hydroxyl groups is 2. The Labute approximate surface area is 94.1 Å². The molecule has 0 aliphatic carbocycles. The summed E-state index contributed by atoms with van der Waals surface area (Å²) in [6.07, 6.45) is -0.523. The molecule has 3 N–H and O–H groups in total. The van der Waals surface area contributed by atoms with Gasteiger partial charge in [-0.1, -0.05) is 6.58 Å². The molecule has 6 heteroatoms. The first kappa shape index (κ1) is 15.0. The van der Waals surface area contributed by atoms with Gasteiger partial charge in [0.2, 0.25) is 0 Å². The summed E-state index contributed by atoms with van der Waals surface area (Å²) in [5.74, 6) is -0.935. The number of carboxylic acid groups (broad SMARTS) is 1. The molecule has 6 nitrogen and oxygen atoms in total. The minimum absolute atomic E-state index is 0.176. The molecule has 1 aliphatic rings. The van der Waals surface area contributed by atoms with Crippen molar-refractivity contribution in [2.75, 3.05) is 26.4 Å². The van der Waals surface area contributed by atoms with Gasteiger partial charge in [0.05, 0.1) is 26.4 Å². The highest BCUT2D eigenvalue weighted by molar-refractivity contribution is 5.84. The van der Waals surface area contributed by atoms with Gasteiger partial charge < -0.3 is 24.8 Å². The van der Waals surface area contributed by atoms with E-state index in [1.807, 2.05) is 0 Å². The fraction of sp³-hybridized carbons (Fsp3) is 0.700. The van der Waals surface area contributed by atoms with Crippen LogP contribution in [0.3, 0.4) is 0 Å². The molecule has 1 aliphatic heterocycles. The van der Waals surface area contributed by atoms with Crippen molar-refractivity contribution in [3.8, 4) is 0 Å². The van der Waals surface area contributed by atoms with E-state index in [2.05, 4.69) is 6.58 Å². The Morgan fingerprint density at radius 3 is 2.50 bits per heavy atom. The normalized spacial score (nSPS) is 19.3. The lowest BCUT2D eigenvalue weighted by atomic mass is 10.4. The molecule has 0 amide bonds. The highest BCUT2D eigenvalue weighted by atomic mass is 16.6. The van der Waals surface area contributed by atoms with Crippen LogP contribution < -0.4 is 0 Å². The van der Waals surface area contributed by atoms with Crippen molar-refractivity contribution in [3.63, 3.8) is 0 Å². The van der Waals surface area contributed by atoms with Gasteiger partial charge in [-0.05, 0) is 6.92 Å². The van der Waals surface area contributed by atoms with Gasteiger partial charge >= 0.3 is 5.97 Å². The molecule has 0 aromatic rings. The molecule has 1 fully saturated rings. The number of hydrogen-bond donors (Lipinski definition) is 3. The summed E-state index contributed by atoms with van der Waals surface area (Å²) >= 11 is 0. The molecule has 0 saturated carbocycles. The van der Waals surface area contributed by atoms with Gasteiger partial charge in [0, 0.05) is 5.57 Å². The van der Waals surface area contributed by atoms with E-state index >= 15 is 0 Å². The van der Waals surface area contributed by atoms with Crippen LogP contribution >= 0.6 is 0 Å². The molecule has 2 unspecified atom stereocenters. The van der Waals surface area contributed by atoms with E-state index in [1.165, 1.54) is 6.92 Å². The van der Waals surface area contributed by atoms with Crippen LogP contribution in [0.1, 0.15) is 6.92 Å². The highest BCUT2D eigenvalue weighted by Crippen LogP contribution is 2.08. The lowest BCUT2D eigenvalue weighted by molar-refractivity contribution is -0.132. The van der Waals surface area contributed by atoms with E-state index in [9.17, 15) is 4.79 Å². The van der Waals surface area contributed by atoms with Gasteiger partial charge in [-0.3, -0.25) is 0 Å². The first-order valence-corrected chi connectivity index (χ1v) is 4.84. The van der Waals surface area contributed by atoms with Crippen LogP contribution in [0.5, 0.6) is 0 Å². The number of ether oxygens (including phenoxy) is 2. The van der Waals surface area contributed by atoms with E-state index < -0.39 is 12.1 Å². The number of carbonyl (C=O) groups is 1. The number of epoxide rings is 1. The summed E-state index contributed by atoms with van der Waals surface area (Å²) in [4.78, 5) is 9.60. The zero-order valence-corrected chi connectivity index (χ0v) is 9.26. The van der Waals surface area contributed by atoms with Gasteiger partial charge in [0.15, 0.2) is 0 Å². The van der Waals surface area contributed by atoms with Crippen molar-refractivity contribution in [1.29, 1.82) is 0 Å². The molecular weight excluding hydrogens is 216 g/mol. The molecule has 1 rings (SSSR count). The van der Waals surface area contributed by atoms with Crippen molar-refractivity contribution < 1.29 is 29.6 Å². The standard InChI is InChI=1S/C6H12O4.C4H6O2/c7-1-5(8)2-9-3-6-4-10-6;1-3(2)4(5)6/h5-8H,1-4H2;1H2,2H3,(H,5,6). The fourth-order valence-corrected chi connectivity index (χ4v) is 0.552. The summed E-state index contributed by atoms with van der Waals surface area (Å²) < 4.78 is 9.83. The molecule has 0 aromatic heterocycles. The molecule has 0 aromatic carbocycles. The van der Waals surface area contributed by atoms with E-state index in [0.29, 0.717) is 6.61 Å². The quantitative estimate of drug-likeness (QED) is 0.419. The maximum Gasteiger partial charge on any atom is 0.330 e. The Hall–Kier alpha value is -0.950. The van der Waals surface area contributed by atoms with Crippen molar-refractivity contribution in [2.24, 2.45) is 0 Å². The second-order valence-corrected chi connectivity index (χ2v) is 3.41. The summed E-state index contributed by atoms with van der Waals surface area (Å²) in [6, 6.07) is 0. The zero-order valence-electron chi connectivity index (χ0n) is 9.26. The molecule has 94 valence electrons. The number of hydrogen-bond acceptors (Lipinski definition) is 5. The lowest BCUT2D eigenvalue weighted by Crippen LogP contribution is -2.20. The van der Waals surface area contributed by atoms with Crippen molar-refractivity contribution in [3.05, 3.63) is 12.2 Å². The summed E-state index contributed by atoms with van der Waals surface area (Å²) in [5.41, 5.74) is 0.176. The summed E-state index contributed by atoms with van der Waals surface area (Å²) in [6.45, 7) is 5.83. The third-order valence-corrected chi connectivity index (χ3v) is 1.59. The third kappa shape index (κ3) is 9.60. The Morgan fingerprint density at radius 2 is 2.19 bits per heavy atom. The molecule has 0 bridgehead atoms. The summed E-state index contributed by atoms with van der Waals surface area (Å²) in [7, 11) is 0. The number of aliphatic hydroxyl groups excluding tert-OH is 2. The van der Waals surface area contributed by atoms with Crippen LogP contribution in [0.25, 0.3) is 0 Å². The minimum Gasteiger partial charge on any atom is -0.478 e. The average molecular weight is 234 g/mol. The lowest BCUT2D eigenvalue weighted by Gasteiger charge is -2.05. The second-order valence-electron chi connectivity index (χ2n) is 3.41. The molecule has 1 saturated heterocycles. The Balaban J connectivity index is 0.000000325. The Kier molecular flexibility index (Phi) is 7.74. The fourth-order valence-electron chi connectivity index (χ4n) is 0.552. The second kappa shape index (κ2) is 8.23. The van der Waals surface area contributed by atoms with Crippen molar-refractivity contribution in [2.45, 2.75) is 19.1 Å². The first-order chi connectivity index (χ1) is 7.47. The smallest absolute Gasteiger partial charge is 0.330 e. The largest absolute Gasteiger partial charge is 0.478 e. The molecule has 16 heavy (non-hydrogen) atoms. The first-order valence-electron chi connectivity index (χ1n) is 4.84. The van der Waals surface area contributed by atoms with Crippen LogP contribution in [0.4, 0.5) is 0 Å². The van der Waals surface area contributed by atoms with E-state index in [0.717, 1.165) is 6.61 Å². The zero-order chi connectivity index (χ0) is 12.6. The Bertz CT molecular complexity index is 211. The topological polar surface area (TPSA) is 99.5 Å². The van der Waals surface area contributed by atoms with Crippen LogP contribution in [0.15, 0.2) is 12.2 Å². The Morgan fingerprint density at radius 1 is 1.69 bits per heavy atom. The number of rotatable bonds is 6. The molecule has 2 atom stereocenters. The van der Waals surface area contributed by atoms with E-state index in [-0.39, 0.29) is 24.9 Å². The van der Waals surface area contributed by atoms with Crippen LogP contribution in [0, 0.1) is 0 Å². The predicted molar refractivity (Wildman–Crippen MR) is 56.1 cm³/mol. The van der Waals surface area contributed by atoms with Crippen molar-refractivity contribution >= 4 is 5.97 Å². The molecule has 1 heterocycles. The van der Waals surface area contributed by atoms with E-state index in [4.69, 9.17) is 24.8 Å². The molecular formula is C10H18O6. The maximum absolute atomic E-state index is 9.60. The van der Waals surface area contributed by atoms with Crippen LogP contribution in [-0.4, -0.2) is 59.9 Å². The molecule has 0 radical (unpaired) electrons. The monoisotopic (exact) mass is 234 g/mol. The van der Waals surface area contributed by atoms with Crippen LogP contribution in [0.2, 0.25) is 0 Å².